The zero-order valence-corrected chi connectivity index (χ0v) is 9.30. The van der Waals surface area contributed by atoms with Crippen LogP contribution in [0.5, 0.6) is 0 Å². The minimum atomic E-state index is -0.191. The summed E-state index contributed by atoms with van der Waals surface area (Å²) in [6.07, 6.45) is 3.63. The highest BCUT2D eigenvalue weighted by Crippen LogP contribution is 2.36. The topological polar surface area (TPSA) is 6.48 Å². The Morgan fingerprint density at radius 1 is 1.43 bits per heavy atom. The number of hydrogen-bond acceptors (Lipinski definition) is 2. The van der Waals surface area contributed by atoms with Crippen LogP contribution in [0, 0.1) is 0 Å². The van der Waals surface area contributed by atoms with Crippen LogP contribution >= 0.6 is 0 Å². The summed E-state index contributed by atoms with van der Waals surface area (Å²) in [5.41, 5.74) is 0.385. The highest BCUT2D eigenvalue weighted by molar-refractivity contribution is 4.99. The molecule has 2 atom stereocenters. The Hall–Kier alpha value is -0.150. The van der Waals surface area contributed by atoms with E-state index in [0.29, 0.717) is 18.1 Å². The summed E-state index contributed by atoms with van der Waals surface area (Å²) in [6.45, 7) is 5.05. The van der Waals surface area contributed by atoms with Gasteiger partial charge in [0.15, 0.2) is 0 Å². The maximum Gasteiger partial charge on any atom is 0.102 e. The van der Waals surface area contributed by atoms with Crippen LogP contribution in [0.25, 0.3) is 0 Å². The summed E-state index contributed by atoms with van der Waals surface area (Å²) >= 11 is 0. The van der Waals surface area contributed by atoms with Crippen molar-refractivity contribution in [3.63, 3.8) is 0 Å². The van der Waals surface area contributed by atoms with E-state index in [9.17, 15) is 4.39 Å². The van der Waals surface area contributed by atoms with Crippen molar-refractivity contribution in [3.8, 4) is 0 Å². The number of nitrogens with zero attached hydrogens (tertiary/aromatic N) is 2. The van der Waals surface area contributed by atoms with E-state index in [1.54, 1.807) is 0 Å². The van der Waals surface area contributed by atoms with Gasteiger partial charge in [0.25, 0.3) is 0 Å². The van der Waals surface area contributed by atoms with Gasteiger partial charge in [-0.15, -0.1) is 0 Å². The number of rotatable bonds is 2. The van der Waals surface area contributed by atoms with Crippen LogP contribution in [0.15, 0.2) is 0 Å². The summed E-state index contributed by atoms with van der Waals surface area (Å²) in [5, 5.41) is 0. The fourth-order valence-electron chi connectivity index (χ4n) is 2.95. The summed E-state index contributed by atoms with van der Waals surface area (Å²) in [6, 6.07) is 0.640. The van der Waals surface area contributed by atoms with E-state index in [1.165, 1.54) is 25.8 Å². The van der Waals surface area contributed by atoms with Crippen LogP contribution in [0.3, 0.4) is 0 Å². The van der Waals surface area contributed by atoms with Crippen LogP contribution < -0.4 is 0 Å². The van der Waals surface area contributed by atoms with Gasteiger partial charge in [-0.3, -0.25) is 4.90 Å². The Labute approximate surface area is 86.1 Å². The molecule has 2 heterocycles. The molecule has 2 aliphatic heterocycles. The van der Waals surface area contributed by atoms with Crippen molar-refractivity contribution in [1.29, 1.82) is 0 Å². The summed E-state index contributed by atoms with van der Waals surface area (Å²) in [7, 11) is 2.22. The second-order valence-corrected chi connectivity index (χ2v) is 5.04. The molecular formula is C11H21FN2. The first-order chi connectivity index (χ1) is 6.65. The SMILES string of the molecule is CN1CCC2C[C@]1(C)CCN2CCF. The lowest BCUT2D eigenvalue weighted by atomic mass is 9.79. The Kier molecular flexibility index (Phi) is 2.80. The molecule has 0 N–H and O–H groups in total. The fraction of sp³-hybridized carbons (Fsp3) is 1.00. The maximum atomic E-state index is 12.3. The molecule has 2 saturated heterocycles. The Bertz CT molecular complexity index is 209. The lowest BCUT2D eigenvalue weighted by Gasteiger charge is -2.53. The molecule has 2 aliphatic rings. The van der Waals surface area contributed by atoms with E-state index < -0.39 is 0 Å². The van der Waals surface area contributed by atoms with Crippen molar-refractivity contribution in [2.45, 2.75) is 37.8 Å². The Morgan fingerprint density at radius 2 is 2.21 bits per heavy atom. The first-order valence-electron chi connectivity index (χ1n) is 5.67. The minimum absolute atomic E-state index is 0.191. The van der Waals surface area contributed by atoms with Crippen molar-refractivity contribution >= 4 is 0 Å². The van der Waals surface area contributed by atoms with Crippen LogP contribution in [-0.4, -0.2) is 54.7 Å². The van der Waals surface area contributed by atoms with E-state index in [0.717, 1.165) is 6.54 Å². The Morgan fingerprint density at radius 3 is 2.93 bits per heavy atom. The number of likely N-dealkylation sites (tertiary alicyclic amines) is 2. The second kappa shape index (κ2) is 3.78. The third kappa shape index (κ3) is 1.68. The number of alkyl halides is 1. The average Bonchev–Trinajstić information content (AvgIpc) is 2.17. The smallest absolute Gasteiger partial charge is 0.102 e. The first-order valence-corrected chi connectivity index (χ1v) is 5.67. The van der Waals surface area contributed by atoms with Crippen LogP contribution in [-0.2, 0) is 0 Å². The van der Waals surface area contributed by atoms with Crippen LogP contribution in [0.2, 0.25) is 0 Å². The molecule has 0 aromatic carbocycles. The molecule has 14 heavy (non-hydrogen) atoms. The maximum absolute atomic E-state index is 12.3. The molecule has 0 radical (unpaired) electrons. The predicted octanol–water partition coefficient (Wildman–Crippen LogP) is 1.51. The minimum Gasteiger partial charge on any atom is -0.301 e. The third-order valence-corrected chi connectivity index (χ3v) is 4.22. The second-order valence-electron chi connectivity index (χ2n) is 5.04. The van der Waals surface area contributed by atoms with Crippen molar-refractivity contribution in [2.75, 3.05) is 33.4 Å². The zero-order chi connectivity index (χ0) is 10.2. The normalized spacial score (nSPS) is 40.1. The van der Waals surface area contributed by atoms with Gasteiger partial charge in [0.05, 0.1) is 0 Å². The van der Waals surface area contributed by atoms with Crippen molar-refractivity contribution in [2.24, 2.45) is 0 Å². The van der Waals surface area contributed by atoms with E-state index >= 15 is 0 Å². The molecule has 1 unspecified atom stereocenters. The summed E-state index contributed by atoms with van der Waals surface area (Å²) < 4.78 is 12.3. The number of fused-ring (bicyclic) bond motifs is 2. The van der Waals surface area contributed by atoms with Crippen LogP contribution in [0.4, 0.5) is 4.39 Å². The quantitative estimate of drug-likeness (QED) is 0.667. The molecule has 0 aromatic heterocycles. The summed E-state index contributed by atoms with van der Waals surface area (Å²) in [4.78, 5) is 4.82. The number of hydrogen-bond donors (Lipinski definition) is 0. The molecule has 3 heteroatoms. The van der Waals surface area contributed by atoms with E-state index in [-0.39, 0.29) is 6.67 Å². The third-order valence-electron chi connectivity index (χ3n) is 4.22. The molecule has 0 saturated carbocycles. The predicted molar refractivity (Wildman–Crippen MR) is 56.2 cm³/mol. The van der Waals surface area contributed by atoms with Gasteiger partial charge in [0, 0.05) is 24.7 Å². The van der Waals surface area contributed by atoms with E-state index in [4.69, 9.17) is 0 Å². The van der Waals surface area contributed by atoms with E-state index in [2.05, 4.69) is 23.8 Å². The largest absolute Gasteiger partial charge is 0.301 e. The highest BCUT2D eigenvalue weighted by atomic mass is 19.1. The van der Waals surface area contributed by atoms with E-state index in [1.807, 2.05) is 0 Å². The lowest BCUT2D eigenvalue weighted by molar-refractivity contribution is -0.0286. The standard InChI is InChI=1S/C11H21FN2/c1-11-4-7-14(8-5-12)10(9-11)3-6-13(11)2/h10H,3-9H2,1-2H3/t10?,11-/m0/s1. The number of piperidine rings is 2. The van der Waals surface area contributed by atoms with Gasteiger partial charge >= 0.3 is 0 Å². The van der Waals surface area contributed by atoms with Crippen molar-refractivity contribution < 1.29 is 4.39 Å². The molecule has 2 bridgehead atoms. The molecule has 2 nitrogen and oxygen atoms in total. The molecule has 82 valence electrons. The molecule has 0 amide bonds. The van der Waals surface area contributed by atoms with Gasteiger partial charge in [-0.2, -0.15) is 0 Å². The highest BCUT2D eigenvalue weighted by Gasteiger charge is 2.42. The van der Waals surface area contributed by atoms with Gasteiger partial charge in [0.1, 0.15) is 6.67 Å². The van der Waals surface area contributed by atoms with Crippen LogP contribution in [0.1, 0.15) is 26.2 Å². The molecule has 2 fully saturated rings. The van der Waals surface area contributed by atoms with Gasteiger partial charge < -0.3 is 4.90 Å². The zero-order valence-electron chi connectivity index (χ0n) is 9.30. The van der Waals surface area contributed by atoms with Crippen molar-refractivity contribution in [3.05, 3.63) is 0 Å². The molecule has 0 aliphatic carbocycles. The molecular weight excluding hydrogens is 179 g/mol. The molecule has 0 spiro atoms. The molecule has 2 rings (SSSR count). The van der Waals surface area contributed by atoms with Gasteiger partial charge in [-0.05, 0) is 39.8 Å². The summed E-state index contributed by atoms with van der Waals surface area (Å²) in [5.74, 6) is 0. The van der Waals surface area contributed by atoms with Gasteiger partial charge in [0.2, 0.25) is 0 Å². The lowest BCUT2D eigenvalue weighted by Crippen LogP contribution is -2.61. The first kappa shape index (κ1) is 10.4. The molecule has 0 aromatic rings. The van der Waals surface area contributed by atoms with Gasteiger partial charge in [-0.25, -0.2) is 4.39 Å². The van der Waals surface area contributed by atoms with Gasteiger partial charge in [-0.1, -0.05) is 0 Å². The fourth-order valence-corrected chi connectivity index (χ4v) is 2.95. The number of halogens is 1. The van der Waals surface area contributed by atoms with Crippen molar-refractivity contribution in [1.82, 2.24) is 9.80 Å². The average molecular weight is 200 g/mol. The Balaban J connectivity index is 2.02. The monoisotopic (exact) mass is 200 g/mol.